The van der Waals surface area contributed by atoms with Crippen molar-refractivity contribution in [3.05, 3.63) is 54.2 Å². The molecular weight excluding hydrogens is 401 g/mol. The van der Waals surface area contributed by atoms with E-state index < -0.39 is 5.82 Å². The molecule has 0 unspecified atom stereocenters. The highest BCUT2D eigenvalue weighted by atomic mass is 19.1. The lowest BCUT2D eigenvalue weighted by atomic mass is 10.1. The molecule has 31 heavy (non-hydrogen) atoms. The molecule has 1 amide bonds. The van der Waals surface area contributed by atoms with E-state index in [1.54, 1.807) is 48.4 Å². The van der Waals surface area contributed by atoms with E-state index in [0.29, 0.717) is 35.0 Å². The fraction of sp³-hybridized carbons (Fsp3) is 0.318. The monoisotopic (exact) mass is 423 g/mol. The molecule has 1 saturated heterocycles. The van der Waals surface area contributed by atoms with Gasteiger partial charge in [-0.1, -0.05) is 0 Å². The summed E-state index contributed by atoms with van der Waals surface area (Å²) in [5, 5.41) is 6.93. The molecular formula is C22H22FN5O3. The Kier molecular flexibility index (Phi) is 5.03. The first kappa shape index (κ1) is 19.5. The number of halogens is 1. The maximum atomic E-state index is 14.7. The lowest BCUT2D eigenvalue weighted by Crippen LogP contribution is -2.39. The van der Waals surface area contributed by atoms with Crippen LogP contribution in [0, 0.1) is 5.82 Å². The van der Waals surface area contributed by atoms with E-state index in [4.69, 9.17) is 9.47 Å². The topological polar surface area (TPSA) is 81.5 Å². The second-order valence-electron chi connectivity index (χ2n) is 7.64. The number of ether oxygens (including phenoxy) is 2. The molecule has 1 aromatic carbocycles. The number of nitrogens with zero attached hydrogens (tertiary/aromatic N) is 4. The standard InChI is InChI=1S/C22H22FN5O3/c1-27-18(6-9-25-27)15-5-4-14(11-16(15)23)26-22(29)19-3-2-10-28(19)12-17-21-20(7-8-24-17)30-13-31-21/h4-9,11,19H,2-3,10,12-13H2,1H3,(H,26,29)/t19-/m1/s1. The molecule has 5 rings (SSSR count). The number of carbonyl (C=O) groups is 1. The number of hydrogen-bond donors (Lipinski definition) is 1. The van der Waals surface area contributed by atoms with Crippen LogP contribution < -0.4 is 14.8 Å². The van der Waals surface area contributed by atoms with Gasteiger partial charge in [0.2, 0.25) is 12.7 Å². The molecule has 0 aliphatic carbocycles. The third-order valence-electron chi connectivity index (χ3n) is 5.71. The van der Waals surface area contributed by atoms with Gasteiger partial charge in [-0.15, -0.1) is 0 Å². The third-order valence-corrected chi connectivity index (χ3v) is 5.71. The van der Waals surface area contributed by atoms with Gasteiger partial charge in [0.25, 0.3) is 0 Å². The van der Waals surface area contributed by atoms with Crippen LogP contribution >= 0.6 is 0 Å². The number of benzene rings is 1. The van der Waals surface area contributed by atoms with Gasteiger partial charge in [0.05, 0.1) is 11.7 Å². The number of anilines is 1. The largest absolute Gasteiger partial charge is 0.453 e. The van der Waals surface area contributed by atoms with E-state index in [0.717, 1.165) is 25.1 Å². The summed E-state index contributed by atoms with van der Waals surface area (Å²) in [4.78, 5) is 19.4. The van der Waals surface area contributed by atoms with Crippen molar-refractivity contribution in [2.45, 2.75) is 25.4 Å². The Morgan fingerprint density at radius 1 is 1.26 bits per heavy atom. The summed E-state index contributed by atoms with van der Waals surface area (Å²) in [5.41, 5.74) is 2.29. The molecule has 1 atom stereocenters. The molecule has 160 valence electrons. The molecule has 1 N–H and O–H groups in total. The number of pyridine rings is 1. The lowest BCUT2D eigenvalue weighted by molar-refractivity contribution is -0.120. The molecule has 3 aromatic rings. The summed E-state index contributed by atoms with van der Waals surface area (Å²) in [7, 11) is 1.76. The van der Waals surface area contributed by atoms with Gasteiger partial charge in [-0.2, -0.15) is 5.10 Å². The maximum absolute atomic E-state index is 14.7. The quantitative estimate of drug-likeness (QED) is 0.680. The number of rotatable bonds is 5. The van der Waals surface area contributed by atoms with Crippen LogP contribution in [0.15, 0.2) is 42.7 Å². The van der Waals surface area contributed by atoms with Gasteiger partial charge < -0.3 is 14.8 Å². The highest BCUT2D eigenvalue weighted by Gasteiger charge is 2.32. The van der Waals surface area contributed by atoms with Crippen LogP contribution in [0.5, 0.6) is 11.5 Å². The summed E-state index contributed by atoms with van der Waals surface area (Å²) in [6.45, 7) is 1.44. The summed E-state index contributed by atoms with van der Waals surface area (Å²) < 4.78 is 27.2. The molecule has 2 aliphatic rings. The predicted molar refractivity (Wildman–Crippen MR) is 111 cm³/mol. The SMILES string of the molecule is Cn1nccc1-c1ccc(NC(=O)[C@H]2CCCN2Cc2nccc3c2OCO3)cc1F. The fourth-order valence-corrected chi connectivity index (χ4v) is 4.17. The van der Waals surface area contributed by atoms with Crippen molar-refractivity contribution in [1.82, 2.24) is 19.7 Å². The maximum Gasteiger partial charge on any atom is 0.241 e. The van der Waals surface area contributed by atoms with Crippen LogP contribution in [-0.4, -0.2) is 45.0 Å². The Labute approximate surface area is 178 Å². The van der Waals surface area contributed by atoms with Gasteiger partial charge in [-0.25, -0.2) is 4.39 Å². The van der Waals surface area contributed by atoms with Crippen LogP contribution in [0.1, 0.15) is 18.5 Å². The number of aromatic nitrogens is 3. The second-order valence-corrected chi connectivity index (χ2v) is 7.64. The molecule has 0 bridgehead atoms. The van der Waals surface area contributed by atoms with Crippen molar-refractivity contribution in [1.29, 1.82) is 0 Å². The Hall–Kier alpha value is -3.46. The molecule has 0 saturated carbocycles. The molecule has 8 nitrogen and oxygen atoms in total. The van der Waals surface area contributed by atoms with Gasteiger partial charge in [-0.3, -0.25) is 19.4 Å². The minimum absolute atomic E-state index is 0.157. The number of likely N-dealkylation sites (tertiary alicyclic amines) is 1. The minimum atomic E-state index is -0.411. The van der Waals surface area contributed by atoms with Gasteiger partial charge in [-0.05, 0) is 43.7 Å². The Morgan fingerprint density at radius 3 is 2.97 bits per heavy atom. The second kappa shape index (κ2) is 7.99. The van der Waals surface area contributed by atoms with E-state index in [1.807, 2.05) is 0 Å². The van der Waals surface area contributed by atoms with Gasteiger partial charge in [0.15, 0.2) is 11.5 Å². The van der Waals surface area contributed by atoms with E-state index >= 15 is 0 Å². The normalized spacial score (nSPS) is 17.8. The van der Waals surface area contributed by atoms with E-state index in [-0.39, 0.29) is 18.7 Å². The van der Waals surface area contributed by atoms with Gasteiger partial charge >= 0.3 is 0 Å². The summed E-state index contributed by atoms with van der Waals surface area (Å²) in [6.07, 6.45) is 4.93. The number of aryl methyl sites for hydroxylation is 1. The first-order valence-electron chi connectivity index (χ1n) is 10.2. The minimum Gasteiger partial charge on any atom is -0.453 e. The average molecular weight is 423 g/mol. The van der Waals surface area contributed by atoms with Gasteiger partial charge in [0, 0.05) is 43.3 Å². The zero-order valence-corrected chi connectivity index (χ0v) is 17.0. The molecule has 0 radical (unpaired) electrons. The van der Waals surface area contributed by atoms with Crippen molar-refractivity contribution < 1.29 is 18.7 Å². The molecule has 2 aliphatic heterocycles. The van der Waals surface area contributed by atoms with Crippen molar-refractivity contribution >= 4 is 11.6 Å². The average Bonchev–Trinajstić information content (AvgIpc) is 3.49. The van der Waals surface area contributed by atoms with Crippen LogP contribution in [0.25, 0.3) is 11.3 Å². The lowest BCUT2D eigenvalue weighted by Gasteiger charge is -2.23. The van der Waals surface area contributed by atoms with Crippen molar-refractivity contribution in [2.24, 2.45) is 7.05 Å². The highest BCUT2D eigenvalue weighted by Crippen LogP contribution is 2.35. The van der Waals surface area contributed by atoms with Crippen molar-refractivity contribution in [2.75, 3.05) is 18.7 Å². The Bertz CT molecular complexity index is 1130. The zero-order chi connectivity index (χ0) is 21.4. The fourth-order valence-electron chi connectivity index (χ4n) is 4.17. The number of amides is 1. The number of nitrogens with one attached hydrogen (secondary N) is 1. The van der Waals surface area contributed by atoms with Crippen molar-refractivity contribution in [3.63, 3.8) is 0 Å². The van der Waals surface area contributed by atoms with Crippen molar-refractivity contribution in [3.8, 4) is 22.8 Å². The molecule has 4 heterocycles. The number of fused-ring (bicyclic) bond motifs is 1. The van der Waals surface area contributed by atoms with E-state index in [1.165, 1.54) is 6.07 Å². The van der Waals surface area contributed by atoms with E-state index in [2.05, 4.69) is 20.3 Å². The summed E-state index contributed by atoms with van der Waals surface area (Å²) in [5.74, 6) is 0.747. The molecule has 0 spiro atoms. The summed E-state index contributed by atoms with van der Waals surface area (Å²) >= 11 is 0. The van der Waals surface area contributed by atoms with Crippen LogP contribution in [-0.2, 0) is 18.4 Å². The molecule has 2 aromatic heterocycles. The highest BCUT2D eigenvalue weighted by molar-refractivity contribution is 5.95. The van der Waals surface area contributed by atoms with Crippen LogP contribution in [0.2, 0.25) is 0 Å². The smallest absolute Gasteiger partial charge is 0.241 e. The number of carbonyl (C=O) groups excluding carboxylic acids is 1. The van der Waals surface area contributed by atoms with Crippen LogP contribution in [0.3, 0.4) is 0 Å². The van der Waals surface area contributed by atoms with Crippen LogP contribution in [0.4, 0.5) is 10.1 Å². The summed E-state index contributed by atoms with van der Waals surface area (Å²) in [6, 6.07) is 7.90. The first-order chi connectivity index (χ1) is 15.1. The molecule has 9 heteroatoms. The molecule has 1 fully saturated rings. The Balaban J connectivity index is 1.29. The predicted octanol–water partition coefficient (Wildman–Crippen LogP) is 2.95. The Morgan fingerprint density at radius 2 is 2.16 bits per heavy atom. The third kappa shape index (κ3) is 3.72. The zero-order valence-electron chi connectivity index (χ0n) is 17.0. The number of hydrogen-bond acceptors (Lipinski definition) is 6. The van der Waals surface area contributed by atoms with Gasteiger partial charge in [0.1, 0.15) is 11.5 Å². The van der Waals surface area contributed by atoms with E-state index in [9.17, 15) is 9.18 Å². The first-order valence-corrected chi connectivity index (χ1v) is 10.2.